The minimum absolute atomic E-state index is 0.0412. The minimum atomic E-state index is -0.144. The maximum atomic E-state index is 12.6. The van der Waals surface area contributed by atoms with Gasteiger partial charge in [0.1, 0.15) is 5.75 Å². The van der Waals surface area contributed by atoms with Gasteiger partial charge in [0.05, 0.1) is 12.5 Å². The van der Waals surface area contributed by atoms with Crippen molar-refractivity contribution >= 4 is 11.6 Å². The molecule has 3 heteroatoms. The van der Waals surface area contributed by atoms with Crippen molar-refractivity contribution in [2.75, 3.05) is 11.9 Å². The van der Waals surface area contributed by atoms with Crippen LogP contribution in [0.2, 0.25) is 0 Å². The molecule has 21 heavy (non-hydrogen) atoms. The summed E-state index contributed by atoms with van der Waals surface area (Å²) in [4.78, 5) is 12.6. The van der Waals surface area contributed by atoms with Crippen LogP contribution in [-0.4, -0.2) is 12.5 Å². The number of hydrogen-bond donors (Lipinski definition) is 1. The first-order chi connectivity index (χ1) is 10.2. The van der Waals surface area contributed by atoms with Crippen LogP contribution < -0.4 is 10.1 Å². The van der Waals surface area contributed by atoms with E-state index < -0.39 is 0 Å². The Morgan fingerprint density at radius 2 is 1.95 bits per heavy atom. The molecule has 1 amide bonds. The third-order valence-corrected chi connectivity index (χ3v) is 4.14. The Labute approximate surface area is 124 Å². The summed E-state index contributed by atoms with van der Waals surface area (Å²) in [6.07, 6.45) is 0.716. The van der Waals surface area contributed by atoms with Gasteiger partial charge in [0, 0.05) is 11.3 Å². The molecule has 2 aromatic carbocycles. The SMILES string of the molecule is Cc1cccc(NC(=O)C2CCOc3ccccc32)c1C. The van der Waals surface area contributed by atoms with Crippen LogP contribution in [0.4, 0.5) is 5.69 Å². The average molecular weight is 281 g/mol. The first-order valence-electron chi connectivity index (χ1n) is 7.25. The van der Waals surface area contributed by atoms with Crippen molar-refractivity contribution in [1.29, 1.82) is 0 Å². The van der Waals surface area contributed by atoms with E-state index in [9.17, 15) is 4.79 Å². The van der Waals surface area contributed by atoms with E-state index in [1.54, 1.807) is 0 Å². The highest BCUT2D eigenvalue weighted by Crippen LogP contribution is 2.34. The highest BCUT2D eigenvalue weighted by Gasteiger charge is 2.27. The summed E-state index contributed by atoms with van der Waals surface area (Å²) >= 11 is 0. The third-order valence-electron chi connectivity index (χ3n) is 4.14. The lowest BCUT2D eigenvalue weighted by Gasteiger charge is -2.25. The van der Waals surface area contributed by atoms with Crippen molar-refractivity contribution < 1.29 is 9.53 Å². The molecular weight excluding hydrogens is 262 g/mol. The molecule has 0 radical (unpaired) electrons. The quantitative estimate of drug-likeness (QED) is 0.909. The number of nitrogens with one attached hydrogen (secondary N) is 1. The largest absolute Gasteiger partial charge is 0.493 e. The number of amides is 1. The first kappa shape index (κ1) is 13.7. The Hall–Kier alpha value is -2.29. The average Bonchev–Trinajstić information content (AvgIpc) is 2.51. The molecule has 1 unspecified atom stereocenters. The van der Waals surface area contributed by atoms with Crippen molar-refractivity contribution in [3.05, 3.63) is 59.2 Å². The highest BCUT2D eigenvalue weighted by molar-refractivity contribution is 5.97. The fourth-order valence-corrected chi connectivity index (χ4v) is 2.72. The molecule has 0 spiro atoms. The normalized spacial score (nSPS) is 16.8. The maximum absolute atomic E-state index is 12.6. The van der Waals surface area contributed by atoms with Crippen LogP contribution in [0.3, 0.4) is 0 Å². The van der Waals surface area contributed by atoms with Gasteiger partial charge in [-0.25, -0.2) is 0 Å². The number of ether oxygens (including phenoxy) is 1. The smallest absolute Gasteiger partial charge is 0.232 e. The monoisotopic (exact) mass is 281 g/mol. The predicted octanol–water partition coefficient (Wildman–Crippen LogP) is 3.81. The molecule has 1 aliphatic rings. The predicted molar refractivity (Wildman–Crippen MR) is 83.8 cm³/mol. The second-order valence-corrected chi connectivity index (χ2v) is 5.46. The van der Waals surface area contributed by atoms with Gasteiger partial charge in [0.2, 0.25) is 5.91 Å². The summed E-state index contributed by atoms with van der Waals surface area (Å²) in [5, 5.41) is 3.07. The molecule has 0 bridgehead atoms. The standard InChI is InChI=1S/C18H19NO2/c1-12-6-5-8-16(13(12)2)19-18(20)15-10-11-21-17-9-4-3-7-14(15)17/h3-9,15H,10-11H2,1-2H3,(H,19,20). The molecule has 0 saturated carbocycles. The van der Waals surface area contributed by atoms with Gasteiger partial charge in [-0.2, -0.15) is 0 Å². The van der Waals surface area contributed by atoms with Gasteiger partial charge >= 0.3 is 0 Å². The number of para-hydroxylation sites is 1. The molecule has 108 valence electrons. The molecule has 1 atom stereocenters. The van der Waals surface area contributed by atoms with E-state index in [-0.39, 0.29) is 11.8 Å². The van der Waals surface area contributed by atoms with Crippen LogP contribution in [0.1, 0.15) is 29.0 Å². The zero-order valence-electron chi connectivity index (χ0n) is 12.3. The molecule has 1 aliphatic heterocycles. The lowest BCUT2D eigenvalue weighted by molar-refractivity contribution is -0.118. The summed E-state index contributed by atoms with van der Waals surface area (Å²) in [6, 6.07) is 13.8. The van der Waals surface area contributed by atoms with Gasteiger partial charge in [0.25, 0.3) is 0 Å². The van der Waals surface area contributed by atoms with Crippen molar-refractivity contribution in [3.63, 3.8) is 0 Å². The fourth-order valence-electron chi connectivity index (χ4n) is 2.72. The number of carbonyl (C=O) groups is 1. The lowest BCUT2D eigenvalue weighted by Crippen LogP contribution is -2.26. The number of rotatable bonds is 2. The van der Waals surface area contributed by atoms with Gasteiger partial charge in [-0.15, -0.1) is 0 Å². The molecule has 1 heterocycles. The number of carbonyl (C=O) groups excluding carboxylic acids is 1. The maximum Gasteiger partial charge on any atom is 0.232 e. The van der Waals surface area contributed by atoms with Crippen LogP contribution in [-0.2, 0) is 4.79 Å². The van der Waals surface area contributed by atoms with E-state index in [1.165, 1.54) is 5.56 Å². The van der Waals surface area contributed by atoms with Gasteiger partial charge in [-0.1, -0.05) is 30.3 Å². The van der Waals surface area contributed by atoms with Crippen LogP contribution in [0.5, 0.6) is 5.75 Å². The van der Waals surface area contributed by atoms with E-state index in [0.717, 1.165) is 22.6 Å². The number of aryl methyl sites for hydroxylation is 1. The Bertz CT molecular complexity index is 679. The van der Waals surface area contributed by atoms with Crippen LogP contribution in [0, 0.1) is 13.8 Å². The molecule has 0 fully saturated rings. The summed E-state index contributed by atoms with van der Waals surface area (Å²) in [5.74, 6) is 0.721. The van der Waals surface area contributed by atoms with Crippen molar-refractivity contribution in [2.45, 2.75) is 26.2 Å². The molecule has 0 aliphatic carbocycles. The second-order valence-electron chi connectivity index (χ2n) is 5.46. The van der Waals surface area contributed by atoms with E-state index in [1.807, 2.05) is 43.3 Å². The van der Waals surface area contributed by atoms with E-state index in [0.29, 0.717) is 13.0 Å². The zero-order chi connectivity index (χ0) is 14.8. The van der Waals surface area contributed by atoms with E-state index in [2.05, 4.69) is 18.3 Å². The van der Waals surface area contributed by atoms with Crippen molar-refractivity contribution in [2.24, 2.45) is 0 Å². The molecule has 3 nitrogen and oxygen atoms in total. The Morgan fingerprint density at radius 3 is 2.81 bits per heavy atom. The van der Waals surface area contributed by atoms with Gasteiger partial charge in [-0.05, 0) is 43.5 Å². The summed E-state index contributed by atoms with van der Waals surface area (Å²) < 4.78 is 5.62. The van der Waals surface area contributed by atoms with Crippen LogP contribution in [0.15, 0.2) is 42.5 Å². The fraction of sp³-hybridized carbons (Fsp3) is 0.278. The number of fused-ring (bicyclic) bond motifs is 1. The molecule has 0 saturated heterocycles. The first-order valence-corrected chi connectivity index (χ1v) is 7.25. The lowest BCUT2D eigenvalue weighted by atomic mass is 9.92. The number of anilines is 1. The Balaban J connectivity index is 1.85. The number of hydrogen-bond acceptors (Lipinski definition) is 2. The molecule has 1 N–H and O–H groups in total. The summed E-state index contributed by atoms with van der Waals surface area (Å²) in [7, 11) is 0. The van der Waals surface area contributed by atoms with Crippen LogP contribution >= 0.6 is 0 Å². The van der Waals surface area contributed by atoms with Gasteiger partial charge in [0.15, 0.2) is 0 Å². The second kappa shape index (κ2) is 5.60. The molecule has 0 aromatic heterocycles. The van der Waals surface area contributed by atoms with Gasteiger partial charge in [-0.3, -0.25) is 4.79 Å². The highest BCUT2D eigenvalue weighted by atomic mass is 16.5. The van der Waals surface area contributed by atoms with Crippen molar-refractivity contribution in [1.82, 2.24) is 0 Å². The van der Waals surface area contributed by atoms with E-state index >= 15 is 0 Å². The van der Waals surface area contributed by atoms with Crippen LogP contribution in [0.25, 0.3) is 0 Å². The zero-order valence-corrected chi connectivity index (χ0v) is 12.3. The summed E-state index contributed by atoms with van der Waals surface area (Å²) in [5.41, 5.74) is 4.17. The Morgan fingerprint density at radius 1 is 1.14 bits per heavy atom. The minimum Gasteiger partial charge on any atom is -0.493 e. The van der Waals surface area contributed by atoms with Crippen molar-refractivity contribution in [3.8, 4) is 5.75 Å². The Kier molecular flexibility index (Phi) is 3.65. The molecular formula is C18H19NO2. The third kappa shape index (κ3) is 2.64. The van der Waals surface area contributed by atoms with Gasteiger partial charge < -0.3 is 10.1 Å². The van der Waals surface area contributed by atoms with E-state index in [4.69, 9.17) is 4.74 Å². The topological polar surface area (TPSA) is 38.3 Å². The molecule has 2 aromatic rings. The number of benzene rings is 2. The molecule has 3 rings (SSSR count). The summed E-state index contributed by atoms with van der Waals surface area (Å²) in [6.45, 7) is 4.67.